The molecule has 0 atom stereocenters. The smallest absolute Gasteiger partial charge is 0.224 e. The summed E-state index contributed by atoms with van der Waals surface area (Å²) in [7, 11) is 2.16. The van der Waals surface area contributed by atoms with Gasteiger partial charge in [0.2, 0.25) is 5.91 Å². The second kappa shape index (κ2) is 10.9. The number of hydrogen-bond acceptors (Lipinski definition) is 6. The SMILES string of the molecule is CCC(=O)Nc1cc2c(Nc3ccc(Cl)c(CI)c3)ncnc2cc1C(C)(C)N1CCN(C)CC1. The van der Waals surface area contributed by atoms with E-state index in [2.05, 4.69) is 80.0 Å². The third-order valence-corrected chi connectivity index (χ3v) is 7.97. The van der Waals surface area contributed by atoms with Crippen LogP contribution in [0.3, 0.4) is 0 Å². The third kappa shape index (κ3) is 5.71. The van der Waals surface area contributed by atoms with Crippen molar-refractivity contribution in [2.75, 3.05) is 43.9 Å². The van der Waals surface area contributed by atoms with E-state index >= 15 is 0 Å². The lowest BCUT2D eigenvalue weighted by molar-refractivity contribution is -0.115. The second-order valence-electron chi connectivity index (χ2n) is 9.45. The van der Waals surface area contributed by atoms with Gasteiger partial charge in [-0.15, -0.1) is 0 Å². The number of amides is 1. The lowest BCUT2D eigenvalue weighted by Crippen LogP contribution is -2.52. The van der Waals surface area contributed by atoms with Crippen LogP contribution < -0.4 is 10.6 Å². The fraction of sp³-hybridized carbons (Fsp3) is 0.423. The van der Waals surface area contributed by atoms with Gasteiger partial charge in [-0.1, -0.05) is 41.1 Å². The maximum absolute atomic E-state index is 12.5. The fourth-order valence-electron chi connectivity index (χ4n) is 4.48. The van der Waals surface area contributed by atoms with Gasteiger partial charge < -0.3 is 15.5 Å². The standard InChI is InChI=1S/C26H32ClIN6O/c1-5-24(35)32-23-13-19-22(14-20(23)26(2,3)34-10-8-33(4)9-11-34)29-16-30-25(19)31-18-6-7-21(27)17(12-18)15-28/h6-7,12-14,16H,5,8-11,15H2,1-4H3,(H,32,35)(H,29,30,31). The number of hydrogen-bond donors (Lipinski definition) is 2. The summed E-state index contributed by atoms with van der Waals surface area (Å²) in [5.41, 5.74) is 4.37. The summed E-state index contributed by atoms with van der Waals surface area (Å²) < 4.78 is 0.814. The molecule has 1 fully saturated rings. The molecule has 3 aromatic rings. The average molecular weight is 607 g/mol. The Labute approximate surface area is 225 Å². The summed E-state index contributed by atoms with van der Waals surface area (Å²) >= 11 is 8.61. The number of carbonyl (C=O) groups excluding carboxylic acids is 1. The second-order valence-corrected chi connectivity index (χ2v) is 10.6. The summed E-state index contributed by atoms with van der Waals surface area (Å²) in [6.45, 7) is 10.3. The van der Waals surface area contributed by atoms with Gasteiger partial charge >= 0.3 is 0 Å². The highest BCUT2D eigenvalue weighted by molar-refractivity contribution is 14.1. The van der Waals surface area contributed by atoms with Crippen molar-refractivity contribution in [3.63, 3.8) is 0 Å². The van der Waals surface area contributed by atoms with Gasteiger partial charge in [-0.2, -0.15) is 0 Å². The Kier molecular flexibility index (Phi) is 8.15. The highest BCUT2D eigenvalue weighted by atomic mass is 127. The van der Waals surface area contributed by atoms with Crippen molar-refractivity contribution in [3.8, 4) is 0 Å². The molecule has 1 aliphatic heterocycles. The topological polar surface area (TPSA) is 73.4 Å². The Hall–Kier alpha value is -2.01. The lowest BCUT2D eigenvalue weighted by atomic mass is 9.88. The maximum Gasteiger partial charge on any atom is 0.224 e. The number of piperazine rings is 1. The Balaban J connectivity index is 1.78. The van der Waals surface area contributed by atoms with Crippen LogP contribution in [-0.2, 0) is 14.8 Å². The first kappa shape index (κ1) is 26.1. The molecule has 9 heteroatoms. The lowest BCUT2D eigenvalue weighted by Gasteiger charge is -2.44. The Bertz CT molecular complexity index is 1230. The molecule has 0 unspecified atom stereocenters. The van der Waals surface area contributed by atoms with Gasteiger partial charge in [-0.05, 0) is 62.4 Å². The zero-order valence-electron chi connectivity index (χ0n) is 20.7. The van der Waals surface area contributed by atoms with Crippen molar-refractivity contribution in [1.29, 1.82) is 0 Å². The maximum atomic E-state index is 12.5. The van der Waals surface area contributed by atoms with E-state index in [0.717, 1.165) is 69.0 Å². The van der Waals surface area contributed by atoms with E-state index < -0.39 is 0 Å². The van der Waals surface area contributed by atoms with Crippen LogP contribution in [0.2, 0.25) is 5.02 Å². The number of aromatic nitrogens is 2. The number of fused-ring (bicyclic) bond motifs is 1. The minimum atomic E-state index is -0.282. The molecule has 0 saturated carbocycles. The monoisotopic (exact) mass is 606 g/mol. The van der Waals surface area contributed by atoms with Crippen molar-refractivity contribution < 1.29 is 4.79 Å². The van der Waals surface area contributed by atoms with Crippen LogP contribution in [0.15, 0.2) is 36.7 Å². The van der Waals surface area contributed by atoms with Gasteiger partial charge in [0.25, 0.3) is 0 Å². The molecule has 2 heterocycles. The number of benzene rings is 2. The fourth-order valence-corrected chi connectivity index (χ4v) is 5.52. The molecule has 2 N–H and O–H groups in total. The largest absolute Gasteiger partial charge is 0.340 e. The molecular weight excluding hydrogens is 575 g/mol. The van der Waals surface area contributed by atoms with Gasteiger partial charge in [0.05, 0.1) is 5.52 Å². The van der Waals surface area contributed by atoms with Gasteiger partial charge in [0, 0.05) is 64.3 Å². The molecule has 35 heavy (non-hydrogen) atoms. The van der Waals surface area contributed by atoms with Crippen LogP contribution in [0.25, 0.3) is 10.9 Å². The van der Waals surface area contributed by atoms with Gasteiger partial charge in [0.15, 0.2) is 0 Å². The summed E-state index contributed by atoms with van der Waals surface area (Å²) in [5, 5.41) is 8.17. The van der Waals surface area contributed by atoms with Crippen LogP contribution in [0.4, 0.5) is 17.2 Å². The van der Waals surface area contributed by atoms with Crippen LogP contribution in [0.5, 0.6) is 0 Å². The predicted molar refractivity (Wildman–Crippen MR) is 153 cm³/mol. The third-order valence-electron chi connectivity index (χ3n) is 6.78. The first-order valence-electron chi connectivity index (χ1n) is 11.9. The van der Waals surface area contributed by atoms with Crippen LogP contribution in [0.1, 0.15) is 38.3 Å². The summed E-state index contributed by atoms with van der Waals surface area (Å²) in [6.07, 6.45) is 1.99. The van der Waals surface area contributed by atoms with Crippen molar-refractivity contribution >= 4 is 68.2 Å². The van der Waals surface area contributed by atoms with E-state index in [1.54, 1.807) is 6.33 Å². The molecule has 1 aliphatic rings. The van der Waals surface area contributed by atoms with Crippen LogP contribution in [0, 0.1) is 0 Å². The Morgan fingerprint density at radius 3 is 2.57 bits per heavy atom. The zero-order chi connectivity index (χ0) is 25.2. The molecule has 1 amide bonds. The first-order chi connectivity index (χ1) is 16.7. The molecular formula is C26H32ClIN6O. The minimum absolute atomic E-state index is 0.0180. The van der Waals surface area contributed by atoms with Crippen molar-refractivity contribution in [1.82, 2.24) is 19.8 Å². The molecule has 0 spiro atoms. The van der Waals surface area contributed by atoms with E-state index in [4.69, 9.17) is 11.6 Å². The van der Waals surface area contributed by atoms with E-state index in [1.807, 2.05) is 31.2 Å². The molecule has 2 aromatic carbocycles. The average Bonchev–Trinajstić information content (AvgIpc) is 2.85. The summed E-state index contributed by atoms with van der Waals surface area (Å²) in [5.74, 6) is 0.670. The molecule has 1 saturated heterocycles. The van der Waals surface area contributed by atoms with E-state index in [-0.39, 0.29) is 11.4 Å². The molecule has 1 aromatic heterocycles. The van der Waals surface area contributed by atoms with Gasteiger partial charge in [-0.25, -0.2) is 9.97 Å². The molecule has 0 aliphatic carbocycles. The number of nitrogens with zero attached hydrogens (tertiary/aromatic N) is 4. The first-order valence-corrected chi connectivity index (χ1v) is 13.8. The number of anilines is 3. The number of alkyl halides is 1. The molecule has 4 rings (SSSR count). The van der Waals surface area contributed by atoms with Crippen molar-refractivity contribution in [3.05, 3.63) is 52.8 Å². The Morgan fingerprint density at radius 2 is 1.89 bits per heavy atom. The molecule has 186 valence electrons. The molecule has 7 nitrogen and oxygen atoms in total. The van der Waals surface area contributed by atoms with E-state index in [1.165, 1.54) is 0 Å². The highest BCUT2D eigenvalue weighted by Gasteiger charge is 2.33. The van der Waals surface area contributed by atoms with Gasteiger partial charge in [-0.3, -0.25) is 9.69 Å². The van der Waals surface area contributed by atoms with E-state index in [0.29, 0.717) is 12.2 Å². The predicted octanol–water partition coefficient (Wildman–Crippen LogP) is 5.79. The van der Waals surface area contributed by atoms with Crippen LogP contribution in [-0.4, -0.2) is 58.9 Å². The summed E-state index contributed by atoms with van der Waals surface area (Å²) in [6, 6.07) is 9.98. The number of nitrogens with one attached hydrogen (secondary N) is 2. The van der Waals surface area contributed by atoms with E-state index in [9.17, 15) is 4.79 Å². The minimum Gasteiger partial charge on any atom is -0.340 e. The Morgan fingerprint density at radius 1 is 1.14 bits per heavy atom. The van der Waals surface area contributed by atoms with Crippen molar-refractivity contribution in [2.24, 2.45) is 0 Å². The van der Waals surface area contributed by atoms with Crippen LogP contribution >= 0.6 is 34.2 Å². The quantitative estimate of drug-likeness (QED) is 0.262. The number of halogens is 2. The normalized spacial score (nSPS) is 15.4. The number of carbonyl (C=O) groups is 1. The van der Waals surface area contributed by atoms with Crippen molar-refractivity contribution in [2.45, 2.75) is 37.2 Å². The summed E-state index contributed by atoms with van der Waals surface area (Å²) in [4.78, 5) is 26.4. The zero-order valence-corrected chi connectivity index (χ0v) is 23.6. The molecule has 0 radical (unpaired) electrons. The number of rotatable bonds is 7. The molecule has 0 bridgehead atoms. The number of likely N-dealkylation sites (N-methyl/N-ethyl adjacent to an activating group) is 1. The highest BCUT2D eigenvalue weighted by Crippen LogP contribution is 2.38. The van der Waals surface area contributed by atoms with Gasteiger partial charge in [0.1, 0.15) is 12.1 Å².